The van der Waals surface area contributed by atoms with Gasteiger partial charge in [0.05, 0.1) is 12.0 Å². The average Bonchev–Trinajstić information content (AvgIpc) is 2.93. The Kier molecular flexibility index (Phi) is 4.30. The molecule has 0 fully saturated rings. The molecule has 0 saturated carbocycles. The van der Waals surface area contributed by atoms with Crippen LogP contribution in [0.4, 0.5) is 5.69 Å². The molecular formula is C24H25NO4. The van der Waals surface area contributed by atoms with Crippen LogP contribution in [0.25, 0.3) is 11.0 Å². The van der Waals surface area contributed by atoms with Crippen LogP contribution in [0.5, 0.6) is 5.75 Å². The maximum atomic E-state index is 13.0. The predicted octanol–water partition coefficient (Wildman–Crippen LogP) is 5.66. The van der Waals surface area contributed by atoms with Crippen molar-refractivity contribution < 1.29 is 18.7 Å². The lowest BCUT2D eigenvalue weighted by Crippen LogP contribution is -2.35. The van der Waals surface area contributed by atoms with Gasteiger partial charge in [0.15, 0.2) is 11.5 Å². The van der Waals surface area contributed by atoms with Gasteiger partial charge in [-0.3, -0.25) is 9.59 Å². The van der Waals surface area contributed by atoms with Crippen LogP contribution in [0.15, 0.2) is 28.7 Å². The van der Waals surface area contributed by atoms with E-state index in [-0.39, 0.29) is 23.9 Å². The van der Waals surface area contributed by atoms with Crippen LogP contribution >= 0.6 is 0 Å². The molecule has 3 aromatic rings. The molecule has 0 radical (unpaired) electrons. The van der Waals surface area contributed by atoms with E-state index in [1.807, 2.05) is 53.7 Å². The average molecular weight is 391 g/mol. The lowest BCUT2D eigenvalue weighted by Gasteiger charge is -2.31. The predicted molar refractivity (Wildman–Crippen MR) is 113 cm³/mol. The first-order valence-electron chi connectivity index (χ1n) is 9.75. The van der Waals surface area contributed by atoms with Gasteiger partial charge in [-0.25, -0.2) is 0 Å². The number of ether oxygens (including phenoxy) is 1. The highest BCUT2D eigenvalue weighted by Crippen LogP contribution is 2.40. The molecule has 5 heteroatoms. The lowest BCUT2D eigenvalue weighted by atomic mass is 9.90. The third-order valence-corrected chi connectivity index (χ3v) is 5.43. The molecule has 1 amide bonds. The summed E-state index contributed by atoms with van der Waals surface area (Å²) < 4.78 is 11.9. The van der Waals surface area contributed by atoms with Crippen LogP contribution in [0.2, 0.25) is 0 Å². The van der Waals surface area contributed by atoms with Gasteiger partial charge in [-0.1, -0.05) is 17.7 Å². The minimum atomic E-state index is -0.546. The second-order valence-electron chi connectivity index (χ2n) is 8.56. The number of Topliss-reactive ketones (excluding diaryl/α,β-unsaturated/α-hetero) is 1. The standard InChI is InChI=1S/C24H25NO4/c1-12-9-13(2)21(14(3)10-12)25-23(27)22-15(4)19-17(28-22)7-8-18-20(19)16(26)11-24(5,6)29-18/h7-10H,11H2,1-6H3,(H,25,27). The number of amides is 1. The summed E-state index contributed by atoms with van der Waals surface area (Å²) in [5.41, 5.74) is 5.03. The Balaban J connectivity index is 1.79. The summed E-state index contributed by atoms with van der Waals surface area (Å²) in [5, 5.41) is 3.64. The molecule has 2 aromatic carbocycles. The minimum absolute atomic E-state index is 0.00271. The highest BCUT2D eigenvalue weighted by molar-refractivity contribution is 6.15. The second kappa shape index (κ2) is 6.48. The van der Waals surface area contributed by atoms with E-state index < -0.39 is 5.60 Å². The zero-order chi connectivity index (χ0) is 21.1. The number of aryl methyl sites for hydroxylation is 4. The number of hydrogen-bond donors (Lipinski definition) is 1. The van der Waals surface area contributed by atoms with Crippen molar-refractivity contribution in [1.82, 2.24) is 0 Å². The fraction of sp³-hybridized carbons (Fsp3) is 0.333. The van der Waals surface area contributed by atoms with Gasteiger partial charge < -0.3 is 14.5 Å². The topological polar surface area (TPSA) is 68.5 Å². The van der Waals surface area contributed by atoms with E-state index in [2.05, 4.69) is 5.32 Å². The summed E-state index contributed by atoms with van der Waals surface area (Å²) in [6.07, 6.45) is 0.285. The van der Waals surface area contributed by atoms with Crippen molar-refractivity contribution in [3.05, 3.63) is 57.8 Å². The summed E-state index contributed by atoms with van der Waals surface area (Å²) >= 11 is 0. The molecule has 4 rings (SSSR count). The number of furan rings is 1. The first kappa shape index (κ1) is 19.2. The second-order valence-corrected chi connectivity index (χ2v) is 8.56. The van der Waals surface area contributed by atoms with E-state index in [1.165, 1.54) is 0 Å². The molecule has 0 saturated heterocycles. The first-order valence-corrected chi connectivity index (χ1v) is 9.75. The number of anilines is 1. The summed E-state index contributed by atoms with van der Waals surface area (Å²) in [7, 11) is 0. The Labute approximate surface area is 170 Å². The quantitative estimate of drug-likeness (QED) is 0.612. The van der Waals surface area contributed by atoms with Gasteiger partial charge in [0.1, 0.15) is 16.9 Å². The van der Waals surface area contributed by atoms with Gasteiger partial charge in [0, 0.05) is 16.6 Å². The maximum absolute atomic E-state index is 13.0. The molecule has 5 nitrogen and oxygen atoms in total. The molecule has 1 aliphatic heterocycles. The third kappa shape index (κ3) is 3.20. The van der Waals surface area contributed by atoms with E-state index in [4.69, 9.17) is 9.15 Å². The Morgan fingerprint density at radius 2 is 1.72 bits per heavy atom. The van der Waals surface area contributed by atoms with Crippen LogP contribution in [0.3, 0.4) is 0 Å². The summed E-state index contributed by atoms with van der Waals surface area (Å²) in [5.74, 6) is 0.431. The van der Waals surface area contributed by atoms with Crippen molar-refractivity contribution in [2.75, 3.05) is 5.32 Å². The van der Waals surface area contributed by atoms with Crippen molar-refractivity contribution in [1.29, 1.82) is 0 Å². The van der Waals surface area contributed by atoms with E-state index in [0.29, 0.717) is 27.8 Å². The number of fused-ring (bicyclic) bond motifs is 3. The van der Waals surface area contributed by atoms with Crippen LogP contribution < -0.4 is 10.1 Å². The molecule has 0 spiro atoms. The van der Waals surface area contributed by atoms with Crippen molar-refractivity contribution >= 4 is 28.3 Å². The summed E-state index contributed by atoms with van der Waals surface area (Å²) in [6, 6.07) is 7.56. The van der Waals surface area contributed by atoms with Crippen LogP contribution in [0.1, 0.15) is 63.4 Å². The number of benzene rings is 2. The van der Waals surface area contributed by atoms with E-state index in [1.54, 1.807) is 12.1 Å². The molecule has 1 N–H and O–H groups in total. The molecule has 1 aromatic heterocycles. The minimum Gasteiger partial charge on any atom is -0.487 e. The molecule has 2 heterocycles. The van der Waals surface area contributed by atoms with Crippen LogP contribution in [-0.4, -0.2) is 17.3 Å². The molecule has 0 atom stereocenters. The molecular weight excluding hydrogens is 366 g/mol. The Bertz CT molecular complexity index is 1160. The summed E-state index contributed by atoms with van der Waals surface area (Å²) in [4.78, 5) is 25.9. The van der Waals surface area contributed by atoms with Gasteiger partial charge in [0.2, 0.25) is 0 Å². The number of nitrogens with one attached hydrogen (secondary N) is 1. The maximum Gasteiger partial charge on any atom is 0.291 e. The molecule has 0 unspecified atom stereocenters. The zero-order valence-corrected chi connectivity index (χ0v) is 17.6. The van der Waals surface area contributed by atoms with Gasteiger partial charge >= 0.3 is 0 Å². The lowest BCUT2D eigenvalue weighted by molar-refractivity contribution is 0.0623. The number of ketones is 1. The van der Waals surface area contributed by atoms with E-state index in [0.717, 1.165) is 22.4 Å². The molecule has 150 valence electrons. The summed E-state index contributed by atoms with van der Waals surface area (Å²) in [6.45, 7) is 11.6. The fourth-order valence-corrected chi connectivity index (χ4v) is 4.26. The molecule has 0 bridgehead atoms. The fourth-order valence-electron chi connectivity index (χ4n) is 4.26. The number of carbonyl (C=O) groups excluding carboxylic acids is 2. The van der Waals surface area contributed by atoms with Crippen LogP contribution in [-0.2, 0) is 0 Å². The molecule has 1 aliphatic rings. The normalized spacial score (nSPS) is 15.2. The van der Waals surface area contributed by atoms with Crippen LogP contribution in [0, 0.1) is 27.7 Å². The smallest absolute Gasteiger partial charge is 0.291 e. The largest absolute Gasteiger partial charge is 0.487 e. The SMILES string of the molecule is Cc1cc(C)c(NC(=O)c2oc3ccc4c(c3c2C)C(=O)CC(C)(C)O4)c(C)c1. The zero-order valence-electron chi connectivity index (χ0n) is 17.6. The van der Waals surface area contributed by atoms with Crippen molar-refractivity contribution in [3.63, 3.8) is 0 Å². The van der Waals surface area contributed by atoms with E-state index in [9.17, 15) is 9.59 Å². The van der Waals surface area contributed by atoms with Crippen molar-refractivity contribution in [2.24, 2.45) is 0 Å². The Morgan fingerprint density at radius 1 is 1.07 bits per heavy atom. The highest BCUT2D eigenvalue weighted by atomic mass is 16.5. The Morgan fingerprint density at radius 3 is 2.38 bits per heavy atom. The van der Waals surface area contributed by atoms with Crippen molar-refractivity contribution in [3.8, 4) is 5.75 Å². The number of rotatable bonds is 2. The number of hydrogen-bond acceptors (Lipinski definition) is 4. The first-order chi connectivity index (χ1) is 13.6. The van der Waals surface area contributed by atoms with Crippen molar-refractivity contribution in [2.45, 2.75) is 53.6 Å². The van der Waals surface area contributed by atoms with Gasteiger partial charge in [-0.05, 0) is 64.8 Å². The third-order valence-electron chi connectivity index (χ3n) is 5.43. The van der Waals surface area contributed by atoms with Gasteiger partial charge in [-0.15, -0.1) is 0 Å². The monoisotopic (exact) mass is 391 g/mol. The van der Waals surface area contributed by atoms with Gasteiger partial charge in [-0.2, -0.15) is 0 Å². The molecule has 0 aliphatic carbocycles. The Hall–Kier alpha value is -3.08. The molecule has 29 heavy (non-hydrogen) atoms. The van der Waals surface area contributed by atoms with Gasteiger partial charge in [0.25, 0.3) is 5.91 Å². The number of carbonyl (C=O) groups is 2. The highest BCUT2D eigenvalue weighted by Gasteiger charge is 2.35. The van der Waals surface area contributed by atoms with E-state index >= 15 is 0 Å².